The van der Waals surface area contributed by atoms with E-state index in [1.54, 1.807) is 0 Å². The van der Waals surface area contributed by atoms with Crippen LogP contribution < -0.4 is 5.32 Å². The molecule has 1 saturated carbocycles. The largest absolute Gasteiger partial charge is 0.378 e. The molecule has 1 aromatic carbocycles. The lowest BCUT2D eigenvalue weighted by atomic mass is 9.84. The summed E-state index contributed by atoms with van der Waals surface area (Å²) < 4.78 is 0. The van der Waals surface area contributed by atoms with E-state index < -0.39 is 0 Å². The number of rotatable bonds is 4. The van der Waals surface area contributed by atoms with Crippen LogP contribution in [0.15, 0.2) is 36.9 Å². The molecule has 1 fully saturated rings. The van der Waals surface area contributed by atoms with Crippen LogP contribution in [0.25, 0.3) is 0 Å². The maximum absolute atomic E-state index is 4.00. The second kappa shape index (κ2) is 5.90. The van der Waals surface area contributed by atoms with Crippen LogP contribution in [0.2, 0.25) is 0 Å². The summed E-state index contributed by atoms with van der Waals surface area (Å²) in [5.41, 5.74) is 2.57. The molecule has 0 aromatic heterocycles. The van der Waals surface area contributed by atoms with Crippen LogP contribution in [-0.4, -0.2) is 6.04 Å². The van der Waals surface area contributed by atoms with Crippen LogP contribution in [0.3, 0.4) is 0 Å². The SMILES string of the molecule is C=C[C@H](Nc1ccccc1C)C1CCCCC1. The molecule has 92 valence electrons. The van der Waals surface area contributed by atoms with Gasteiger partial charge in [-0.3, -0.25) is 0 Å². The summed E-state index contributed by atoms with van der Waals surface area (Å²) >= 11 is 0. The lowest BCUT2D eigenvalue weighted by Crippen LogP contribution is -2.28. The number of hydrogen-bond acceptors (Lipinski definition) is 1. The molecule has 1 nitrogen and oxygen atoms in total. The summed E-state index contributed by atoms with van der Waals surface area (Å²) in [6.07, 6.45) is 8.94. The lowest BCUT2D eigenvalue weighted by molar-refractivity contribution is 0.343. The van der Waals surface area contributed by atoms with Crippen molar-refractivity contribution < 1.29 is 0 Å². The minimum Gasteiger partial charge on any atom is -0.378 e. The van der Waals surface area contributed by atoms with E-state index in [0.717, 1.165) is 5.92 Å². The van der Waals surface area contributed by atoms with E-state index in [2.05, 4.69) is 49.2 Å². The topological polar surface area (TPSA) is 12.0 Å². The number of nitrogens with one attached hydrogen (secondary N) is 1. The van der Waals surface area contributed by atoms with Crippen LogP contribution in [0, 0.1) is 12.8 Å². The van der Waals surface area contributed by atoms with Gasteiger partial charge in [0.15, 0.2) is 0 Å². The Morgan fingerprint density at radius 2 is 1.94 bits per heavy atom. The Morgan fingerprint density at radius 1 is 1.24 bits per heavy atom. The molecular formula is C16H23N. The molecule has 0 amide bonds. The first-order valence-corrected chi connectivity index (χ1v) is 6.76. The summed E-state index contributed by atoms with van der Waals surface area (Å²) in [7, 11) is 0. The van der Waals surface area contributed by atoms with Gasteiger partial charge in [0.25, 0.3) is 0 Å². The highest BCUT2D eigenvalue weighted by Gasteiger charge is 2.21. The highest BCUT2D eigenvalue weighted by molar-refractivity contribution is 5.51. The summed E-state index contributed by atoms with van der Waals surface area (Å²) in [6.45, 7) is 6.16. The van der Waals surface area contributed by atoms with Gasteiger partial charge in [0, 0.05) is 11.7 Å². The van der Waals surface area contributed by atoms with Crippen molar-refractivity contribution in [2.24, 2.45) is 5.92 Å². The third-order valence-corrected chi connectivity index (χ3v) is 3.88. The van der Waals surface area contributed by atoms with Gasteiger partial charge < -0.3 is 5.32 Å². The average Bonchev–Trinajstić information content (AvgIpc) is 2.39. The van der Waals surface area contributed by atoms with E-state index in [1.807, 2.05) is 0 Å². The van der Waals surface area contributed by atoms with Crippen LogP contribution in [0.1, 0.15) is 37.7 Å². The minimum absolute atomic E-state index is 0.427. The predicted molar refractivity (Wildman–Crippen MR) is 75.4 cm³/mol. The summed E-state index contributed by atoms with van der Waals surface area (Å²) in [5.74, 6) is 0.765. The normalized spacial score (nSPS) is 18.6. The van der Waals surface area contributed by atoms with Gasteiger partial charge >= 0.3 is 0 Å². The standard InChI is InChI=1S/C16H23N/c1-3-15(14-10-5-4-6-11-14)17-16-12-8-7-9-13(16)2/h3,7-9,12,14-15,17H,1,4-6,10-11H2,2H3/t15-/m0/s1. The zero-order chi connectivity index (χ0) is 12.1. The number of hydrogen-bond donors (Lipinski definition) is 1. The third kappa shape index (κ3) is 3.12. The van der Waals surface area contributed by atoms with Crippen LogP contribution in [0.5, 0.6) is 0 Å². The van der Waals surface area contributed by atoms with E-state index in [4.69, 9.17) is 0 Å². The number of benzene rings is 1. The molecule has 0 aliphatic heterocycles. The van der Waals surface area contributed by atoms with Crippen molar-refractivity contribution in [2.75, 3.05) is 5.32 Å². The van der Waals surface area contributed by atoms with E-state index >= 15 is 0 Å². The highest BCUT2D eigenvalue weighted by Crippen LogP contribution is 2.29. The van der Waals surface area contributed by atoms with Crippen LogP contribution >= 0.6 is 0 Å². The van der Waals surface area contributed by atoms with Crippen LogP contribution in [-0.2, 0) is 0 Å². The van der Waals surface area contributed by atoms with Gasteiger partial charge in [-0.15, -0.1) is 6.58 Å². The molecule has 0 spiro atoms. The van der Waals surface area contributed by atoms with Gasteiger partial charge in [0.2, 0.25) is 0 Å². The minimum atomic E-state index is 0.427. The van der Waals surface area contributed by atoms with Gasteiger partial charge in [0.1, 0.15) is 0 Å². The van der Waals surface area contributed by atoms with Crippen molar-refractivity contribution in [1.82, 2.24) is 0 Å². The van der Waals surface area contributed by atoms with Crippen molar-refractivity contribution in [3.63, 3.8) is 0 Å². The Kier molecular flexibility index (Phi) is 4.24. The highest BCUT2D eigenvalue weighted by atomic mass is 14.9. The number of para-hydroxylation sites is 1. The van der Waals surface area contributed by atoms with Crippen molar-refractivity contribution in [3.05, 3.63) is 42.5 Å². The molecule has 2 rings (SSSR count). The quantitative estimate of drug-likeness (QED) is 0.747. The molecule has 1 aliphatic carbocycles. The second-order valence-electron chi connectivity index (χ2n) is 5.12. The molecule has 0 bridgehead atoms. The predicted octanol–water partition coefficient (Wildman–Crippen LogP) is 4.54. The van der Waals surface area contributed by atoms with E-state index in [1.165, 1.54) is 43.4 Å². The summed E-state index contributed by atoms with van der Waals surface area (Å²) in [4.78, 5) is 0. The van der Waals surface area contributed by atoms with Crippen molar-refractivity contribution in [2.45, 2.75) is 45.1 Å². The third-order valence-electron chi connectivity index (χ3n) is 3.88. The van der Waals surface area contributed by atoms with Crippen molar-refractivity contribution in [1.29, 1.82) is 0 Å². The Bertz CT molecular complexity index is 364. The molecule has 1 heteroatoms. The van der Waals surface area contributed by atoms with E-state index in [9.17, 15) is 0 Å². The van der Waals surface area contributed by atoms with Crippen molar-refractivity contribution >= 4 is 5.69 Å². The first kappa shape index (κ1) is 12.2. The van der Waals surface area contributed by atoms with Crippen molar-refractivity contribution in [3.8, 4) is 0 Å². The second-order valence-corrected chi connectivity index (χ2v) is 5.12. The van der Waals surface area contributed by atoms with Gasteiger partial charge in [-0.05, 0) is 37.3 Å². The molecule has 1 atom stereocenters. The van der Waals surface area contributed by atoms with E-state index in [-0.39, 0.29) is 0 Å². The first-order valence-electron chi connectivity index (χ1n) is 6.76. The Morgan fingerprint density at radius 3 is 2.59 bits per heavy atom. The summed E-state index contributed by atoms with van der Waals surface area (Å²) in [5, 5.41) is 3.65. The average molecular weight is 229 g/mol. The molecule has 1 aromatic rings. The number of aryl methyl sites for hydroxylation is 1. The molecule has 17 heavy (non-hydrogen) atoms. The molecule has 0 saturated heterocycles. The Balaban J connectivity index is 2.04. The molecule has 1 N–H and O–H groups in total. The van der Waals surface area contributed by atoms with Gasteiger partial charge in [-0.2, -0.15) is 0 Å². The maximum Gasteiger partial charge on any atom is 0.0470 e. The molecule has 1 aliphatic rings. The van der Waals surface area contributed by atoms with Gasteiger partial charge in [-0.25, -0.2) is 0 Å². The smallest absolute Gasteiger partial charge is 0.0470 e. The zero-order valence-electron chi connectivity index (χ0n) is 10.8. The molecule has 0 radical (unpaired) electrons. The molecule has 0 heterocycles. The van der Waals surface area contributed by atoms with E-state index in [0.29, 0.717) is 6.04 Å². The number of anilines is 1. The van der Waals surface area contributed by atoms with Gasteiger partial charge in [0.05, 0.1) is 0 Å². The Hall–Kier alpha value is -1.24. The zero-order valence-corrected chi connectivity index (χ0v) is 10.8. The molecule has 0 unspecified atom stereocenters. The van der Waals surface area contributed by atoms with Crippen LogP contribution in [0.4, 0.5) is 5.69 Å². The first-order chi connectivity index (χ1) is 8.31. The van der Waals surface area contributed by atoms with Gasteiger partial charge in [-0.1, -0.05) is 43.5 Å². The maximum atomic E-state index is 4.00. The monoisotopic (exact) mass is 229 g/mol. The summed E-state index contributed by atoms with van der Waals surface area (Å²) in [6, 6.07) is 8.93. The fraction of sp³-hybridized carbons (Fsp3) is 0.500. The molecular weight excluding hydrogens is 206 g/mol. The fourth-order valence-electron chi connectivity index (χ4n) is 2.78. The fourth-order valence-corrected chi connectivity index (χ4v) is 2.78. The lowest BCUT2D eigenvalue weighted by Gasteiger charge is -2.30. The Labute approximate surface area is 105 Å².